The molecule has 0 bridgehead atoms. The molecule has 0 unspecified atom stereocenters. The van der Waals surface area contributed by atoms with Crippen molar-refractivity contribution < 1.29 is 13.9 Å². The van der Waals surface area contributed by atoms with Gasteiger partial charge in [0.05, 0.1) is 18.9 Å². The Morgan fingerprint density at radius 2 is 2.00 bits per heavy atom. The molecule has 0 aliphatic rings. The minimum Gasteiger partial charge on any atom is -0.492 e. The molecule has 0 N–H and O–H groups in total. The first kappa shape index (κ1) is 9.27. The number of hydrogen-bond donors (Lipinski definition) is 0. The zero-order chi connectivity index (χ0) is 10.1. The first-order chi connectivity index (χ1) is 6.76. The van der Waals surface area contributed by atoms with Crippen LogP contribution in [0.5, 0.6) is 10.8 Å². The van der Waals surface area contributed by atoms with E-state index in [0.717, 1.165) is 15.1 Å². The van der Waals surface area contributed by atoms with Gasteiger partial charge in [-0.1, -0.05) is 17.4 Å². The highest BCUT2D eigenvalue weighted by molar-refractivity contribution is 7.21. The summed E-state index contributed by atoms with van der Waals surface area (Å²) in [6.07, 6.45) is 0. The van der Waals surface area contributed by atoms with Crippen molar-refractivity contribution in [1.29, 1.82) is 0 Å². The molecule has 14 heavy (non-hydrogen) atoms. The summed E-state index contributed by atoms with van der Waals surface area (Å²) in [4.78, 5) is 0. The summed E-state index contributed by atoms with van der Waals surface area (Å²) in [5.74, 6) is -0.0553. The Labute approximate surface area is 84.9 Å². The van der Waals surface area contributed by atoms with E-state index in [2.05, 4.69) is 0 Å². The van der Waals surface area contributed by atoms with E-state index in [1.807, 2.05) is 6.07 Å². The molecule has 1 aromatic heterocycles. The van der Waals surface area contributed by atoms with Crippen molar-refractivity contribution in [3.63, 3.8) is 0 Å². The van der Waals surface area contributed by atoms with E-state index in [0.29, 0.717) is 0 Å². The van der Waals surface area contributed by atoms with Crippen molar-refractivity contribution in [2.45, 2.75) is 0 Å². The Hall–Kier alpha value is -1.29. The highest BCUT2D eigenvalue weighted by atomic mass is 32.1. The third-order valence-corrected chi connectivity index (χ3v) is 3.09. The smallest absolute Gasteiger partial charge is 0.174 e. The number of thiophene rings is 1. The standard InChI is InChI=1S/C10H9FO2S/c1-12-8-5-6-3-4-7(11)9(13-2)10(6)14-8/h3-5H,1-2H3. The third-order valence-electron chi connectivity index (χ3n) is 1.98. The van der Waals surface area contributed by atoms with Gasteiger partial charge in [0, 0.05) is 5.39 Å². The molecule has 0 saturated carbocycles. The molecule has 0 fully saturated rings. The van der Waals surface area contributed by atoms with Crippen LogP contribution in [0.25, 0.3) is 10.1 Å². The second-order valence-corrected chi connectivity index (χ2v) is 3.78. The molecule has 0 radical (unpaired) electrons. The Morgan fingerprint density at radius 3 is 2.64 bits per heavy atom. The molecule has 0 aliphatic carbocycles. The lowest BCUT2D eigenvalue weighted by Crippen LogP contribution is -1.86. The maximum Gasteiger partial charge on any atom is 0.174 e. The fraction of sp³-hybridized carbons (Fsp3) is 0.200. The summed E-state index contributed by atoms with van der Waals surface area (Å²) >= 11 is 1.38. The Morgan fingerprint density at radius 1 is 1.21 bits per heavy atom. The summed E-state index contributed by atoms with van der Waals surface area (Å²) in [5.41, 5.74) is 0. The van der Waals surface area contributed by atoms with E-state index >= 15 is 0 Å². The van der Waals surface area contributed by atoms with Crippen LogP contribution in [0.1, 0.15) is 0 Å². The van der Waals surface area contributed by atoms with Crippen molar-refractivity contribution in [3.05, 3.63) is 24.0 Å². The Kier molecular flexibility index (Phi) is 2.29. The van der Waals surface area contributed by atoms with E-state index in [1.54, 1.807) is 13.2 Å². The van der Waals surface area contributed by atoms with Crippen molar-refractivity contribution in [1.82, 2.24) is 0 Å². The van der Waals surface area contributed by atoms with Crippen LogP contribution < -0.4 is 9.47 Å². The quantitative estimate of drug-likeness (QED) is 0.761. The number of benzene rings is 1. The molecule has 74 valence electrons. The predicted octanol–water partition coefficient (Wildman–Crippen LogP) is 3.06. The minimum atomic E-state index is -0.343. The molecule has 0 spiro atoms. The summed E-state index contributed by atoms with van der Waals surface area (Å²) in [6.45, 7) is 0. The number of rotatable bonds is 2. The van der Waals surface area contributed by atoms with Gasteiger partial charge in [-0.05, 0) is 12.1 Å². The van der Waals surface area contributed by atoms with Crippen LogP contribution in [0.2, 0.25) is 0 Å². The fourth-order valence-corrected chi connectivity index (χ4v) is 2.31. The first-order valence-electron chi connectivity index (χ1n) is 4.06. The van der Waals surface area contributed by atoms with Gasteiger partial charge in [0.2, 0.25) is 0 Å². The molecule has 2 aromatic rings. The molecule has 0 atom stereocenters. The highest BCUT2D eigenvalue weighted by Gasteiger charge is 2.11. The van der Waals surface area contributed by atoms with E-state index in [1.165, 1.54) is 24.5 Å². The third kappa shape index (κ3) is 1.32. The van der Waals surface area contributed by atoms with Crippen molar-refractivity contribution in [3.8, 4) is 10.8 Å². The topological polar surface area (TPSA) is 18.5 Å². The SMILES string of the molecule is COc1cc2ccc(F)c(OC)c2s1. The molecule has 1 aromatic carbocycles. The second kappa shape index (κ2) is 3.46. The van der Waals surface area contributed by atoms with Crippen molar-refractivity contribution >= 4 is 21.4 Å². The molecular weight excluding hydrogens is 203 g/mol. The number of ether oxygens (including phenoxy) is 2. The van der Waals surface area contributed by atoms with Gasteiger partial charge in [-0.25, -0.2) is 4.39 Å². The summed E-state index contributed by atoms with van der Waals surface area (Å²) in [6, 6.07) is 4.97. The molecule has 0 amide bonds. The van der Waals surface area contributed by atoms with Crippen molar-refractivity contribution in [2.24, 2.45) is 0 Å². The van der Waals surface area contributed by atoms with Gasteiger partial charge in [-0.2, -0.15) is 0 Å². The van der Waals surface area contributed by atoms with Crippen molar-refractivity contribution in [2.75, 3.05) is 14.2 Å². The van der Waals surface area contributed by atoms with Crippen LogP contribution in [-0.2, 0) is 0 Å². The molecule has 0 saturated heterocycles. The van der Waals surface area contributed by atoms with E-state index in [-0.39, 0.29) is 11.6 Å². The monoisotopic (exact) mass is 212 g/mol. The Bertz CT molecular complexity index is 464. The van der Waals surface area contributed by atoms with E-state index in [9.17, 15) is 4.39 Å². The fourth-order valence-electron chi connectivity index (χ4n) is 1.32. The highest BCUT2D eigenvalue weighted by Crippen LogP contribution is 2.38. The van der Waals surface area contributed by atoms with Gasteiger partial charge < -0.3 is 9.47 Å². The lowest BCUT2D eigenvalue weighted by molar-refractivity contribution is 0.392. The summed E-state index contributed by atoms with van der Waals surface area (Å²) in [7, 11) is 3.05. The van der Waals surface area contributed by atoms with Crippen LogP contribution in [0.4, 0.5) is 4.39 Å². The van der Waals surface area contributed by atoms with Crippen LogP contribution >= 0.6 is 11.3 Å². The summed E-state index contributed by atoms with van der Waals surface area (Å²) < 4.78 is 24.1. The van der Waals surface area contributed by atoms with E-state index in [4.69, 9.17) is 9.47 Å². The molecule has 0 aliphatic heterocycles. The van der Waals surface area contributed by atoms with Crippen LogP contribution in [0.15, 0.2) is 18.2 Å². The lowest BCUT2D eigenvalue weighted by Gasteiger charge is -2.01. The maximum absolute atomic E-state index is 13.3. The lowest BCUT2D eigenvalue weighted by atomic mass is 10.2. The van der Waals surface area contributed by atoms with Gasteiger partial charge in [-0.15, -0.1) is 0 Å². The number of methoxy groups -OCH3 is 2. The summed E-state index contributed by atoms with van der Waals surface area (Å²) in [5, 5.41) is 1.69. The predicted molar refractivity (Wildman–Crippen MR) is 54.9 cm³/mol. The van der Waals surface area contributed by atoms with E-state index < -0.39 is 0 Å². The van der Waals surface area contributed by atoms with Crippen LogP contribution in [0.3, 0.4) is 0 Å². The van der Waals surface area contributed by atoms with Gasteiger partial charge in [-0.3, -0.25) is 0 Å². The second-order valence-electron chi connectivity index (χ2n) is 2.77. The molecule has 2 rings (SSSR count). The average molecular weight is 212 g/mol. The Balaban J connectivity index is 2.73. The van der Waals surface area contributed by atoms with Gasteiger partial charge in [0.15, 0.2) is 16.6 Å². The number of hydrogen-bond acceptors (Lipinski definition) is 3. The zero-order valence-corrected chi connectivity index (χ0v) is 8.65. The van der Waals surface area contributed by atoms with Crippen LogP contribution in [-0.4, -0.2) is 14.2 Å². The van der Waals surface area contributed by atoms with Gasteiger partial charge >= 0.3 is 0 Å². The first-order valence-corrected chi connectivity index (χ1v) is 4.88. The molecular formula is C10H9FO2S. The normalized spacial score (nSPS) is 10.5. The largest absolute Gasteiger partial charge is 0.492 e. The molecule has 2 nitrogen and oxygen atoms in total. The maximum atomic E-state index is 13.3. The van der Waals surface area contributed by atoms with Gasteiger partial charge in [0.1, 0.15) is 0 Å². The van der Waals surface area contributed by atoms with Crippen LogP contribution in [0, 0.1) is 5.82 Å². The molecule has 4 heteroatoms. The number of halogens is 1. The number of fused-ring (bicyclic) bond motifs is 1. The minimum absolute atomic E-state index is 0.288. The molecule has 1 heterocycles. The zero-order valence-electron chi connectivity index (χ0n) is 7.83. The van der Waals surface area contributed by atoms with Gasteiger partial charge in [0.25, 0.3) is 0 Å². The average Bonchev–Trinajstić information content (AvgIpc) is 2.60.